The summed E-state index contributed by atoms with van der Waals surface area (Å²) in [6, 6.07) is 0.819. The molecule has 2 rings (SSSR count). The molecule has 1 aliphatic carbocycles. The zero-order chi connectivity index (χ0) is 12.6. The molecule has 1 saturated carbocycles. The lowest BCUT2D eigenvalue weighted by Gasteiger charge is -2.32. The Bertz CT molecular complexity index is 209. The van der Waals surface area contributed by atoms with Crippen LogP contribution in [0.5, 0.6) is 0 Å². The van der Waals surface area contributed by atoms with E-state index in [1.54, 1.807) is 0 Å². The normalized spacial score (nSPS) is 28.2. The minimum Gasteiger partial charge on any atom is -0.313 e. The van der Waals surface area contributed by atoms with E-state index in [2.05, 4.69) is 17.1 Å². The Labute approximate surface area is 114 Å². The first-order valence-electron chi connectivity index (χ1n) is 8.34. The van der Waals surface area contributed by atoms with Gasteiger partial charge in [0.25, 0.3) is 0 Å². The molecular formula is C16H32N2. The van der Waals surface area contributed by atoms with Crippen molar-refractivity contribution in [3.05, 3.63) is 0 Å². The van der Waals surface area contributed by atoms with Gasteiger partial charge in [0.05, 0.1) is 0 Å². The molecule has 0 spiro atoms. The summed E-state index contributed by atoms with van der Waals surface area (Å²) >= 11 is 0. The van der Waals surface area contributed by atoms with Gasteiger partial charge in [0.1, 0.15) is 0 Å². The molecule has 0 amide bonds. The highest BCUT2D eigenvalue weighted by Gasteiger charge is 2.18. The molecule has 0 aromatic rings. The zero-order valence-electron chi connectivity index (χ0n) is 12.3. The van der Waals surface area contributed by atoms with Gasteiger partial charge >= 0.3 is 0 Å². The molecule has 2 heteroatoms. The summed E-state index contributed by atoms with van der Waals surface area (Å²) in [5.74, 6) is 0.969. The summed E-state index contributed by atoms with van der Waals surface area (Å²) in [6.07, 6.45) is 12.9. The van der Waals surface area contributed by atoms with Gasteiger partial charge < -0.3 is 10.2 Å². The predicted octanol–water partition coefficient (Wildman–Crippen LogP) is 3.42. The molecule has 0 aromatic carbocycles. The molecule has 106 valence electrons. The average Bonchev–Trinajstić information content (AvgIpc) is 2.68. The fourth-order valence-electron chi connectivity index (χ4n) is 3.60. The van der Waals surface area contributed by atoms with Crippen LogP contribution < -0.4 is 5.32 Å². The average molecular weight is 252 g/mol. The van der Waals surface area contributed by atoms with Crippen molar-refractivity contribution in [3.8, 4) is 0 Å². The van der Waals surface area contributed by atoms with Gasteiger partial charge in [-0.15, -0.1) is 0 Å². The molecule has 2 nitrogen and oxygen atoms in total. The minimum atomic E-state index is 0.819. The Kier molecular flexibility index (Phi) is 6.50. The molecule has 0 radical (unpaired) electrons. The minimum absolute atomic E-state index is 0.819. The van der Waals surface area contributed by atoms with E-state index in [1.165, 1.54) is 84.0 Å². The number of nitrogens with zero attached hydrogens (tertiary/aromatic N) is 1. The lowest BCUT2D eigenvalue weighted by atomic mass is 9.96. The van der Waals surface area contributed by atoms with Crippen molar-refractivity contribution in [2.45, 2.75) is 70.8 Å². The van der Waals surface area contributed by atoms with Gasteiger partial charge in [0.15, 0.2) is 0 Å². The van der Waals surface area contributed by atoms with Crippen molar-refractivity contribution in [2.24, 2.45) is 5.92 Å². The number of likely N-dealkylation sites (tertiary alicyclic amines) is 1. The Balaban J connectivity index is 1.59. The number of hydrogen-bond donors (Lipinski definition) is 1. The van der Waals surface area contributed by atoms with Crippen LogP contribution in [0, 0.1) is 5.92 Å². The van der Waals surface area contributed by atoms with E-state index in [9.17, 15) is 0 Å². The van der Waals surface area contributed by atoms with Gasteiger partial charge in [-0.05, 0) is 38.1 Å². The fourth-order valence-corrected chi connectivity index (χ4v) is 3.60. The third-order valence-electron chi connectivity index (χ3n) is 4.90. The topological polar surface area (TPSA) is 15.3 Å². The second-order valence-electron chi connectivity index (χ2n) is 6.36. The van der Waals surface area contributed by atoms with Crippen molar-refractivity contribution >= 4 is 0 Å². The standard InChI is InChI=1S/C16H32N2/c1-2-15-8-7-12-18(14-15)13-11-17-16-9-5-3-4-6-10-16/h15-17H,2-14H2,1H3. The number of nitrogens with one attached hydrogen (secondary N) is 1. The van der Waals surface area contributed by atoms with Crippen LogP contribution >= 0.6 is 0 Å². The molecule has 18 heavy (non-hydrogen) atoms. The van der Waals surface area contributed by atoms with Gasteiger partial charge in [0.2, 0.25) is 0 Å². The highest BCUT2D eigenvalue weighted by molar-refractivity contribution is 4.75. The van der Waals surface area contributed by atoms with E-state index in [0.717, 1.165) is 12.0 Å². The van der Waals surface area contributed by atoms with Gasteiger partial charge in [-0.25, -0.2) is 0 Å². The second-order valence-corrected chi connectivity index (χ2v) is 6.36. The molecule has 0 bridgehead atoms. The number of rotatable bonds is 5. The molecule has 1 heterocycles. The molecule has 1 N–H and O–H groups in total. The van der Waals surface area contributed by atoms with Crippen molar-refractivity contribution in [2.75, 3.05) is 26.2 Å². The van der Waals surface area contributed by atoms with E-state index < -0.39 is 0 Å². The highest BCUT2D eigenvalue weighted by Crippen LogP contribution is 2.19. The number of piperidine rings is 1. The summed E-state index contributed by atoms with van der Waals surface area (Å²) in [7, 11) is 0. The van der Waals surface area contributed by atoms with E-state index in [0.29, 0.717) is 0 Å². The molecule has 1 saturated heterocycles. The van der Waals surface area contributed by atoms with Crippen LogP contribution in [-0.2, 0) is 0 Å². The Morgan fingerprint density at radius 1 is 1.00 bits per heavy atom. The first-order chi connectivity index (χ1) is 8.88. The number of hydrogen-bond acceptors (Lipinski definition) is 2. The summed E-state index contributed by atoms with van der Waals surface area (Å²) in [6.45, 7) is 7.51. The Morgan fingerprint density at radius 2 is 1.78 bits per heavy atom. The monoisotopic (exact) mass is 252 g/mol. The van der Waals surface area contributed by atoms with Crippen molar-refractivity contribution < 1.29 is 0 Å². The maximum absolute atomic E-state index is 3.80. The maximum Gasteiger partial charge on any atom is 0.0107 e. The van der Waals surface area contributed by atoms with Crippen LogP contribution in [0.2, 0.25) is 0 Å². The Morgan fingerprint density at radius 3 is 2.50 bits per heavy atom. The van der Waals surface area contributed by atoms with Gasteiger partial charge in [0, 0.05) is 25.7 Å². The van der Waals surface area contributed by atoms with Gasteiger partial charge in [-0.1, -0.05) is 39.0 Å². The second kappa shape index (κ2) is 8.16. The zero-order valence-corrected chi connectivity index (χ0v) is 12.3. The molecule has 1 aliphatic heterocycles. The summed E-state index contributed by atoms with van der Waals surface area (Å²) < 4.78 is 0. The van der Waals surface area contributed by atoms with E-state index in [4.69, 9.17) is 0 Å². The lowest BCUT2D eigenvalue weighted by Crippen LogP contribution is -2.41. The maximum atomic E-state index is 3.80. The molecule has 2 aliphatic rings. The Hall–Kier alpha value is -0.0800. The first-order valence-corrected chi connectivity index (χ1v) is 8.34. The summed E-state index contributed by atoms with van der Waals surface area (Å²) in [5.41, 5.74) is 0. The van der Waals surface area contributed by atoms with Crippen LogP contribution in [0.3, 0.4) is 0 Å². The first kappa shape index (κ1) is 14.3. The quantitative estimate of drug-likeness (QED) is 0.754. The van der Waals surface area contributed by atoms with Gasteiger partial charge in [-0.3, -0.25) is 0 Å². The van der Waals surface area contributed by atoms with E-state index in [-0.39, 0.29) is 0 Å². The molecule has 1 unspecified atom stereocenters. The lowest BCUT2D eigenvalue weighted by molar-refractivity contribution is 0.170. The van der Waals surface area contributed by atoms with Crippen molar-refractivity contribution in [3.63, 3.8) is 0 Å². The smallest absolute Gasteiger partial charge is 0.0107 e. The molecule has 2 fully saturated rings. The summed E-state index contributed by atoms with van der Waals surface area (Å²) in [5, 5.41) is 3.80. The molecular weight excluding hydrogens is 220 g/mol. The van der Waals surface area contributed by atoms with Crippen LogP contribution in [-0.4, -0.2) is 37.1 Å². The van der Waals surface area contributed by atoms with E-state index in [1.807, 2.05) is 0 Å². The molecule has 0 aromatic heterocycles. The third-order valence-corrected chi connectivity index (χ3v) is 4.90. The van der Waals surface area contributed by atoms with Gasteiger partial charge in [-0.2, -0.15) is 0 Å². The van der Waals surface area contributed by atoms with Crippen LogP contribution in [0.4, 0.5) is 0 Å². The van der Waals surface area contributed by atoms with Crippen molar-refractivity contribution in [1.82, 2.24) is 10.2 Å². The van der Waals surface area contributed by atoms with Crippen LogP contribution in [0.1, 0.15) is 64.7 Å². The largest absolute Gasteiger partial charge is 0.313 e. The van der Waals surface area contributed by atoms with Crippen LogP contribution in [0.15, 0.2) is 0 Å². The third kappa shape index (κ3) is 4.89. The highest BCUT2D eigenvalue weighted by atomic mass is 15.1. The van der Waals surface area contributed by atoms with Crippen molar-refractivity contribution in [1.29, 1.82) is 0 Å². The fraction of sp³-hybridized carbons (Fsp3) is 1.00. The predicted molar refractivity (Wildman–Crippen MR) is 78.9 cm³/mol. The summed E-state index contributed by atoms with van der Waals surface area (Å²) in [4.78, 5) is 2.68. The van der Waals surface area contributed by atoms with Crippen LogP contribution in [0.25, 0.3) is 0 Å². The van der Waals surface area contributed by atoms with E-state index >= 15 is 0 Å². The SMILES string of the molecule is CCC1CCCN(CCNC2CCCCCC2)C1. The molecule has 1 atom stereocenters.